The van der Waals surface area contributed by atoms with Gasteiger partial charge in [-0.15, -0.1) is 0 Å². The third-order valence-corrected chi connectivity index (χ3v) is 1.78. The molecule has 0 saturated heterocycles. The Kier molecular flexibility index (Phi) is 2.22. The first kappa shape index (κ1) is 8.84. The molecule has 0 amide bonds. The first-order valence-electron chi connectivity index (χ1n) is 3.78. The number of carboxylic acid groups (broad SMARTS) is 1. The van der Waals surface area contributed by atoms with E-state index in [1.165, 1.54) is 0 Å². The van der Waals surface area contributed by atoms with Crippen LogP contribution in [-0.4, -0.2) is 11.1 Å². The standard InChI is InChI=1S/C9H12O3/c1-9(2,8(10)11)6-7-4-3-5-12-7/h3-5H,6H2,1-2H3,(H,10,11). The normalized spacial score (nSPS) is 11.5. The van der Waals surface area contributed by atoms with Crippen LogP contribution in [0.4, 0.5) is 0 Å². The fourth-order valence-corrected chi connectivity index (χ4v) is 0.924. The van der Waals surface area contributed by atoms with Gasteiger partial charge in [-0.1, -0.05) is 0 Å². The van der Waals surface area contributed by atoms with Gasteiger partial charge in [-0.2, -0.15) is 0 Å². The minimum absolute atomic E-state index is 0.426. The maximum absolute atomic E-state index is 10.7. The number of rotatable bonds is 3. The summed E-state index contributed by atoms with van der Waals surface area (Å²) in [5, 5.41) is 8.80. The molecule has 0 aromatic carbocycles. The van der Waals surface area contributed by atoms with Gasteiger partial charge in [0.15, 0.2) is 0 Å². The molecular weight excluding hydrogens is 156 g/mol. The van der Waals surface area contributed by atoms with Crippen molar-refractivity contribution in [2.75, 3.05) is 0 Å². The van der Waals surface area contributed by atoms with Crippen LogP contribution in [0, 0.1) is 5.41 Å². The molecule has 0 fully saturated rings. The number of carboxylic acids is 1. The minimum Gasteiger partial charge on any atom is -0.481 e. The first-order valence-corrected chi connectivity index (χ1v) is 3.78. The van der Waals surface area contributed by atoms with Crippen LogP contribution in [0.15, 0.2) is 22.8 Å². The monoisotopic (exact) mass is 168 g/mol. The first-order chi connectivity index (χ1) is 5.52. The SMILES string of the molecule is CC(C)(Cc1ccco1)C(=O)O. The van der Waals surface area contributed by atoms with Crippen LogP contribution in [0.1, 0.15) is 19.6 Å². The second kappa shape index (κ2) is 3.01. The number of hydrogen-bond donors (Lipinski definition) is 1. The van der Waals surface area contributed by atoms with Gasteiger partial charge < -0.3 is 9.52 Å². The predicted molar refractivity (Wildman–Crippen MR) is 43.8 cm³/mol. The molecule has 0 spiro atoms. The summed E-state index contributed by atoms with van der Waals surface area (Å²) in [6, 6.07) is 3.54. The van der Waals surface area contributed by atoms with E-state index in [-0.39, 0.29) is 0 Å². The highest BCUT2D eigenvalue weighted by Gasteiger charge is 2.28. The fourth-order valence-electron chi connectivity index (χ4n) is 0.924. The van der Waals surface area contributed by atoms with Crippen molar-refractivity contribution in [2.45, 2.75) is 20.3 Å². The van der Waals surface area contributed by atoms with Crippen LogP contribution in [0.25, 0.3) is 0 Å². The number of hydrogen-bond acceptors (Lipinski definition) is 2. The summed E-state index contributed by atoms with van der Waals surface area (Å²) in [7, 11) is 0. The number of aliphatic carboxylic acids is 1. The predicted octanol–water partition coefficient (Wildman–Crippen LogP) is 1.93. The highest BCUT2D eigenvalue weighted by molar-refractivity contribution is 5.73. The molecule has 66 valence electrons. The molecule has 1 aromatic rings. The Hall–Kier alpha value is -1.25. The molecule has 1 rings (SSSR count). The van der Waals surface area contributed by atoms with Gasteiger partial charge >= 0.3 is 5.97 Å². The largest absolute Gasteiger partial charge is 0.481 e. The van der Waals surface area contributed by atoms with E-state index in [4.69, 9.17) is 9.52 Å². The van der Waals surface area contributed by atoms with Crippen molar-refractivity contribution < 1.29 is 14.3 Å². The van der Waals surface area contributed by atoms with Gasteiger partial charge in [0.2, 0.25) is 0 Å². The molecule has 0 atom stereocenters. The minimum atomic E-state index is -0.807. The topological polar surface area (TPSA) is 50.4 Å². The molecule has 0 radical (unpaired) electrons. The fraction of sp³-hybridized carbons (Fsp3) is 0.444. The number of furan rings is 1. The molecule has 12 heavy (non-hydrogen) atoms. The van der Waals surface area contributed by atoms with Crippen LogP contribution in [-0.2, 0) is 11.2 Å². The maximum atomic E-state index is 10.7. The van der Waals surface area contributed by atoms with Crippen molar-refractivity contribution in [3.63, 3.8) is 0 Å². The van der Waals surface area contributed by atoms with Crippen molar-refractivity contribution in [3.05, 3.63) is 24.2 Å². The zero-order valence-electron chi connectivity index (χ0n) is 7.20. The molecule has 0 aliphatic rings. The lowest BCUT2D eigenvalue weighted by molar-refractivity contribution is -0.147. The zero-order valence-corrected chi connectivity index (χ0v) is 7.20. The van der Waals surface area contributed by atoms with Gasteiger partial charge in [-0.05, 0) is 26.0 Å². The molecule has 3 nitrogen and oxygen atoms in total. The Balaban J connectivity index is 2.69. The lowest BCUT2D eigenvalue weighted by Crippen LogP contribution is -2.25. The summed E-state index contributed by atoms with van der Waals surface area (Å²) < 4.78 is 5.06. The molecule has 0 bridgehead atoms. The van der Waals surface area contributed by atoms with E-state index in [9.17, 15) is 4.79 Å². The Bertz CT molecular complexity index is 259. The molecular formula is C9H12O3. The van der Waals surface area contributed by atoms with E-state index in [1.807, 2.05) is 0 Å². The van der Waals surface area contributed by atoms with Crippen molar-refractivity contribution >= 4 is 5.97 Å². The third-order valence-electron chi connectivity index (χ3n) is 1.78. The average molecular weight is 168 g/mol. The molecule has 1 N–H and O–H groups in total. The van der Waals surface area contributed by atoms with Crippen LogP contribution in [0.5, 0.6) is 0 Å². The molecule has 0 aliphatic carbocycles. The van der Waals surface area contributed by atoms with Gasteiger partial charge in [0.25, 0.3) is 0 Å². The van der Waals surface area contributed by atoms with Crippen molar-refractivity contribution in [1.82, 2.24) is 0 Å². The van der Waals surface area contributed by atoms with Crippen LogP contribution in [0.2, 0.25) is 0 Å². The van der Waals surface area contributed by atoms with E-state index < -0.39 is 11.4 Å². The summed E-state index contributed by atoms with van der Waals surface area (Å²) in [4.78, 5) is 10.7. The smallest absolute Gasteiger partial charge is 0.309 e. The molecule has 3 heteroatoms. The molecule has 1 aromatic heterocycles. The summed E-state index contributed by atoms with van der Waals surface area (Å²) in [6.45, 7) is 3.36. The van der Waals surface area contributed by atoms with Crippen molar-refractivity contribution in [2.24, 2.45) is 5.41 Å². The zero-order chi connectivity index (χ0) is 9.19. The van der Waals surface area contributed by atoms with E-state index in [0.717, 1.165) is 0 Å². The molecule has 0 unspecified atom stereocenters. The second-order valence-corrected chi connectivity index (χ2v) is 3.45. The Labute approximate surface area is 71.0 Å². The lowest BCUT2D eigenvalue weighted by Gasteiger charge is -2.16. The summed E-state index contributed by atoms with van der Waals surface area (Å²) in [5.41, 5.74) is -0.752. The van der Waals surface area contributed by atoms with E-state index in [0.29, 0.717) is 12.2 Å². The molecule has 0 saturated carbocycles. The summed E-state index contributed by atoms with van der Waals surface area (Å²) in [5.74, 6) is -0.0960. The van der Waals surface area contributed by atoms with Gasteiger partial charge in [0.05, 0.1) is 11.7 Å². The Morgan fingerprint density at radius 2 is 2.33 bits per heavy atom. The number of carbonyl (C=O) groups is 1. The van der Waals surface area contributed by atoms with E-state index >= 15 is 0 Å². The van der Waals surface area contributed by atoms with Crippen molar-refractivity contribution in [1.29, 1.82) is 0 Å². The third kappa shape index (κ3) is 1.87. The summed E-state index contributed by atoms with van der Waals surface area (Å²) in [6.07, 6.45) is 1.97. The molecule has 0 aliphatic heterocycles. The van der Waals surface area contributed by atoms with Gasteiger partial charge in [-0.25, -0.2) is 0 Å². The van der Waals surface area contributed by atoms with Gasteiger partial charge in [-0.3, -0.25) is 4.79 Å². The van der Waals surface area contributed by atoms with Crippen molar-refractivity contribution in [3.8, 4) is 0 Å². The van der Waals surface area contributed by atoms with Gasteiger partial charge in [0.1, 0.15) is 5.76 Å². The quantitative estimate of drug-likeness (QED) is 0.750. The van der Waals surface area contributed by atoms with Gasteiger partial charge in [0, 0.05) is 6.42 Å². The average Bonchev–Trinajstić information content (AvgIpc) is 2.38. The lowest BCUT2D eigenvalue weighted by atomic mass is 9.88. The van der Waals surface area contributed by atoms with Crippen LogP contribution in [0.3, 0.4) is 0 Å². The second-order valence-electron chi connectivity index (χ2n) is 3.45. The summed E-state index contributed by atoms with van der Waals surface area (Å²) >= 11 is 0. The van der Waals surface area contributed by atoms with Crippen LogP contribution < -0.4 is 0 Å². The highest BCUT2D eigenvalue weighted by Crippen LogP contribution is 2.21. The van der Waals surface area contributed by atoms with E-state index in [2.05, 4.69) is 0 Å². The highest BCUT2D eigenvalue weighted by atomic mass is 16.4. The maximum Gasteiger partial charge on any atom is 0.309 e. The van der Waals surface area contributed by atoms with E-state index in [1.54, 1.807) is 32.2 Å². The van der Waals surface area contributed by atoms with Crippen LogP contribution >= 0.6 is 0 Å². The Morgan fingerprint density at radius 1 is 1.67 bits per heavy atom. The molecule has 1 heterocycles. The Morgan fingerprint density at radius 3 is 2.75 bits per heavy atom.